The van der Waals surface area contributed by atoms with Gasteiger partial charge in [-0.25, -0.2) is 4.68 Å². The molecule has 24 heavy (non-hydrogen) atoms. The van der Waals surface area contributed by atoms with Gasteiger partial charge in [0.15, 0.2) is 0 Å². The Hall–Kier alpha value is -2.31. The van der Waals surface area contributed by atoms with Gasteiger partial charge in [-0.15, -0.1) is 0 Å². The summed E-state index contributed by atoms with van der Waals surface area (Å²) in [6, 6.07) is 7.64. The molecule has 0 atom stereocenters. The Balaban J connectivity index is 1.77. The van der Waals surface area contributed by atoms with E-state index >= 15 is 0 Å². The van der Waals surface area contributed by atoms with E-state index < -0.39 is 0 Å². The lowest BCUT2D eigenvalue weighted by atomic mass is 10.2. The van der Waals surface area contributed by atoms with E-state index in [1.165, 1.54) is 0 Å². The molecule has 0 radical (unpaired) electrons. The SMILES string of the molecule is Cc1nn(-c2ccc(Cl)cc2)c(C)c1CNc1cnn(CCO)c1. The average molecular weight is 346 g/mol. The van der Waals surface area contributed by atoms with Crippen molar-refractivity contribution in [3.05, 3.63) is 58.6 Å². The summed E-state index contributed by atoms with van der Waals surface area (Å²) in [6.45, 7) is 5.30. The third-order valence-corrected chi connectivity index (χ3v) is 4.20. The predicted octanol–water partition coefficient (Wildman–Crippen LogP) is 2.94. The highest BCUT2D eigenvalue weighted by molar-refractivity contribution is 6.30. The fourth-order valence-corrected chi connectivity index (χ4v) is 2.76. The Morgan fingerprint density at radius 1 is 1.21 bits per heavy atom. The molecule has 6 nitrogen and oxygen atoms in total. The molecule has 0 unspecified atom stereocenters. The van der Waals surface area contributed by atoms with Crippen LogP contribution in [0.15, 0.2) is 36.7 Å². The second-order valence-electron chi connectivity index (χ2n) is 5.61. The van der Waals surface area contributed by atoms with Gasteiger partial charge in [-0.1, -0.05) is 11.6 Å². The second kappa shape index (κ2) is 7.07. The van der Waals surface area contributed by atoms with E-state index in [4.69, 9.17) is 16.7 Å². The summed E-state index contributed by atoms with van der Waals surface area (Å²) >= 11 is 5.95. The molecule has 0 bridgehead atoms. The summed E-state index contributed by atoms with van der Waals surface area (Å²) in [4.78, 5) is 0. The van der Waals surface area contributed by atoms with E-state index in [2.05, 4.69) is 22.4 Å². The molecule has 0 amide bonds. The normalized spacial score (nSPS) is 11.0. The molecule has 7 heteroatoms. The Bertz CT molecular complexity index is 822. The van der Waals surface area contributed by atoms with Crippen molar-refractivity contribution >= 4 is 17.3 Å². The Kier molecular flexibility index (Phi) is 4.87. The largest absolute Gasteiger partial charge is 0.394 e. The van der Waals surface area contributed by atoms with Crippen LogP contribution in [0.4, 0.5) is 5.69 Å². The lowest BCUT2D eigenvalue weighted by Gasteiger charge is -2.07. The maximum Gasteiger partial charge on any atom is 0.0729 e. The van der Waals surface area contributed by atoms with Crippen LogP contribution >= 0.6 is 11.6 Å². The number of aliphatic hydroxyl groups excluding tert-OH is 1. The zero-order valence-electron chi connectivity index (χ0n) is 13.7. The molecule has 0 saturated carbocycles. The first-order valence-corrected chi connectivity index (χ1v) is 8.14. The number of nitrogens with zero attached hydrogens (tertiary/aromatic N) is 4. The first-order valence-electron chi connectivity index (χ1n) is 7.76. The van der Waals surface area contributed by atoms with Gasteiger partial charge in [0.25, 0.3) is 0 Å². The van der Waals surface area contributed by atoms with Crippen molar-refractivity contribution in [1.29, 1.82) is 0 Å². The zero-order valence-corrected chi connectivity index (χ0v) is 14.5. The molecule has 2 heterocycles. The first-order chi connectivity index (χ1) is 11.6. The van der Waals surface area contributed by atoms with Crippen molar-refractivity contribution in [2.24, 2.45) is 0 Å². The predicted molar refractivity (Wildman–Crippen MR) is 94.7 cm³/mol. The van der Waals surface area contributed by atoms with E-state index in [1.807, 2.05) is 42.1 Å². The molecule has 3 aromatic rings. The van der Waals surface area contributed by atoms with Gasteiger partial charge in [-0.05, 0) is 38.1 Å². The maximum absolute atomic E-state index is 8.94. The fourth-order valence-electron chi connectivity index (χ4n) is 2.63. The highest BCUT2D eigenvalue weighted by Crippen LogP contribution is 2.20. The van der Waals surface area contributed by atoms with E-state index in [-0.39, 0.29) is 6.61 Å². The summed E-state index contributed by atoms with van der Waals surface area (Å²) < 4.78 is 3.64. The van der Waals surface area contributed by atoms with Gasteiger partial charge < -0.3 is 10.4 Å². The van der Waals surface area contributed by atoms with Crippen molar-refractivity contribution in [1.82, 2.24) is 19.6 Å². The molecule has 0 saturated heterocycles. The Morgan fingerprint density at radius 2 is 1.96 bits per heavy atom. The van der Waals surface area contributed by atoms with Crippen LogP contribution in [-0.2, 0) is 13.1 Å². The molecular formula is C17H20ClN5O. The minimum Gasteiger partial charge on any atom is -0.394 e. The smallest absolute Gasteiger partial charge is 0.0729 e. The van der Waals surface area contributed by atoms with Crippen LogP contribution in [0, 0.1) is 13.8 Å². The third-order valence-electron chi connectivity index (χ3n) is 3.94. The van der Waals surface area contributed by atoms with Crippen LogP contribution in [0.1, 0.15) is 17.0 Å². The van der Waals surface area contributed by atoms with Gasteiger partial charge in [0, 0.05) is 29.0 Å². The number of hydrogen-bond donors (Lipinski definition) is 2. The van der Waals surface area contributed by atoms with Gasteiger partial charge >= 0.3 is 0 Å². The summed E-state index contributed by atoms with van der Waals surface area (Å²) in [5.41, 5.74) is 5.13. The van der Waals surface area contributed by atoms with Crippen LogP contribution in [0.2, 0.25) is 5.02 Å². The van der Waals surface area contributed by atoms with E-state index in [0.717, 1.165) is 28.3 Å². The summed E-state index contributed by atoms with van der Waals surface area (Å²) in [6.07, 6.45) is 3.63. The average Bonchev–Trinajstić information content (AvgIpc) is 3.12. The van der Waals surface area contributed by atoms with Gasteiger partial charge in [0.05, 0.1) is 36.4 Å². The van der Waals surface area contributed by atoms with E-state index in [0.29, 0.717) is 18.1 Å². The monoisotopic (exact) mass is 345 g/mol. The number of benzene rings is 1. The van der Waals surface area contributed by atoms with Gasteiger partial charge in [-0.2, -0.15) is 10.2 Å². The minimum absolute atomic E-state index is 0.0766. The molecule has 0 aliphatic heterocycles. The van der Waals surface area contributed by atoms with Crippen molar-refractivity contribution in [3.8, 4) is 5.69 Å². The Morgan fingerprint density at radius 3 is 2.67 bits per heavy atom. The van der Waals surface area contributed by atoms with Crippen LogP contribution in [0.25, 0.3) is 5.69 Å². The van der Waals surface area contributed by atoms with Gasteiger partial charge in [0.1, 0.15) is 0 Å². The van der Waals surface area contributed by atoms with Crippen molar-refractivity contribution < 1.29 is 5.11 Å². The molecule has 1 aromatic carbocycles. The number of aliphatic hydroxyl groups is 1. The number of aromatic nitrogens is 4. The summed E-state index contributed by atoms with van der Waals surface area (Å²) in [5, 5.41) is 21.8. The quantitative estimate of drug-likeness (QED) is 0.720. The number of hydrogen-bond acceptors (Lipinski definition) is 4. The molecule has 0 aliphatic rings. The Labute approximate surface area is 145 Å². The van der Waals surface area contributed by atoms with E-state index in [9.17, 15) is 0 Å². The number of anilines is 1. The van der Waals surface area contributed by atoms with Gasteiger partial charge in [0.2, 0.25) is 0 Å². The van der Waals surface area contributed by atoms with E-state index in [1.54, 1.807) is 10.9 Å². The molecule has 3 rings (SSSR count). The maximum atomic E-state index is 8.94. The van der Waals surface area contributed by atoms with Crippen LogP contribution in [0.5, 0.6) is 0 Å². The molecule has 2 aromatic heterocycles. The van der Waals surface area contributed by atoms with Crippen LogP contribution < -0.4 is 5.32 Å². The number of halogens is 1. The van der Waals surface area contributed by atoms with Crippen molar-refractivity contribution in [3.63, 3.8) is 0 Å². The highest BCUT2D eigenvalue weighted by Gasteiger charge is 2.13. The molecule has 0 aliphatic carbocycles. The minimum atomic E-state index is 0.0766. The van der Waals surface area contributed by atoms with Gasteiger partial charge in [-0.3, -0.25) is 4.68 Å². The van der Waals surface area contributed by atoms with Crippen molar-refractivity contribution in [2.45, 2.75) is 26.9 Å². The first kappa shape index (κ1) is 16.5. The lowest BCUT2D eigenvalue weighted by Crippen LogP contribution is -2.03. The number of nitrogens with one attached hydrogen (secondary N) is 1. The molecule has 0 spiro atoms. The van der Waals surface area contributed by atoms with Crippen molar-refractivity contribution in [2.75, 3.05) is 11.9 Å². The molecule has 126 valence electrons. The second-order valence-corrected chi connectivity index (χ2v) is 6.04. The fraction of sp³-hybridized carbons (Fsp3) is 0.294. The third kappa shape index (κ3) is 3.44. The summed E-state index contributed by atoms with van der Waals surface area (Å²) in [7, 11) is 0. The molecular weight excluding hydrogens is 326 g/mol. The molecule has 0 fully saturated rings. The number of aryl methyl sites for hydroxylation is 1. The lowest BCUT2D eigenvalue weighted by molar-refractivity contribution is 0.269. The topological polar surface area (TPSA) is 67.9 Å². The number of rotatable bonds is 6. The zero-order chi connectivity index (χ0) is 17.1. The highest BCUT2D eigenvalue weighted by atomic mass is 35.5. The summed E-state index contributed by atoms with van der Waals surface area (Å²) in [5.74, 6) is 0. The van der Waals surface area contributed by atoms with Crippen LogP contribution in [-0.4, -0.2) is 31.3 Å². The van der Waals surface area contributed by atoms with Crippen LogP contribution in [0.3, 0.4) is 0 Å². The molecule has 2 N–H and O–H groups in total. The standard InChI is InChI=1S/C17H20ClN5O/c1-12-17(10-19-15-9-20-22(11-15)7-8-24)13(2)23(21-12)16-5-3-14(18)4-6-16/h3-6,9,11,19,24H,7-8,10H2,1-2H3.